The first-order chi connectivity index (χ1) is 43.9. The zero-order chi connectivity index (χ0) is 67.6. The number of aliphatic hydroxyl groups is 2. The summed E-state index contributed by atoms with van der Waals surface area (Å²) in [5.41, 5.74) is 13.0. The highest BCUT2D eigenvalue weighted by Gasteiger charge is 2.11. The molecule has 7 aromatic carbocycles. The molecule has 0 radical (unpaired) electrons. The number of esters is 1. The van der Waals surface area contributed by atoms with Gasteiger partial charge in [0.1, 0.15) is 59.6 Å². The van der Waals surface area contributed by atoms with E-state index in [1.54, 1.807) is 33.5 Å². The highest BCUT2D eigenvalue weighted by Crippen LogP contribution is 2.27. The number of hydrogen-bond donors (Lipinski definition) is 4. The Morgan fingerprint density at radius 3 is 0.934 bits per heavy atom. The number of hydrogen-bond acceptors (Lipinski definition) is 13. The Morgan fingerprint density at radius 1 is 0.396 bits per heavy atom. The molecular formula is C78H113NO12. The molecule has 0 spiro atoms. The summed E-state index contributed by atoms with van der Waals surface area (Å²) in [4.78, 5) is 10.7. The first kappa shape index (κ1) is 81.6. The van der Waals surface area contributed by atoms with Crippen LogP contribution < -0.4 is 34.2 Å². The van der Waals surface area contributed by atoms with Crippen LogP contribution in [0.1, 0.15) is 197 Å². The molecule has 502 valence electrons. The number of nitrogens with two attached hydrogens (primary N) is 1. The van der Waals surface area contributed by atoms with Crippen LogP contribution in [0.3, 0.4) is 0 Å². The van der Waals surface area contributed by atoms with Gasteiger partial charge >= 0.3 is 5.97 Å². The molecule has 0 aromatic heterocycles. The van der Waals surface area contributed by atoms with Gasteiger partial charge in [0.15, 0.2) is 0 Å². The van der Waals surface area contributed by atoms with Gasteiger partial charge in [-0.2, -0.15) is 0 Å². The second-order valence-electron chi connectivity index (χ2n) is 21.8. The highest BCUT2D eigenvalue weighted by atomic mass is 16.5. The lowest BCUT2D eigenvalue weighted by Crippen LogP contribution is -2.04. The van der Waals surface area contributed by atoms with Crippen LogP contribution >= 0.6 is 0 Å². The summed E-state index contributed by atoms with van der Waals surface area (Å²) in [5.74, 6) is 7.39. The van der Waals surface area contributed by atoms with E-state index in [9.17, 15) is 9.90 Å². The summed E-state index contributed by atoms with van der Waals surface area (Å²) < 4.78 is 41.8. The van der Waals surface area contributed by atoms with Crippen LogP contribution in [-0.2, 0) is 20.9 Å². The summed E-state index contributed by atoms with van der Waals surface area (Å²) >= 11 is 0. The van der Waals surface area contributed by atoms with Crippen LogP contribution in [0.5, 0.6) is 40.2 Å². The maximum Gasteiger partial charge on any atom is 0.308 e. The fourth-order valence-corrected chi connectivity index (χ4v) is 7.90. The molecule has 0 aliphatic heterocycles. The molecule has 0 fully saturated rings. The van der Waals surface area contributed by atoms with E-state index in [2.05, 4.69) is 100 Å². The first-order valence-electron chi connectivity index (χ1n) is 32.5. The third kappa shape index (κ3) is 36.3. The number of methoxy groups -OCH3 is 3. The van der Waals surface area contributed by atoms with E-state index in [0.717, 1.165) is 90.7 Å². The quantitative estimate of drug-likeness (QED) is 0.0207. The standard InChI is InChI=1S/C17H20O3.2C13H20O2.C12H16O2.C10H14O2.C10H14O.C3H9N/c1-3-12-20-16-10-6-14(7-11-16)17(18)13-4-8-15(19-2)9-5-13;2*1-4-11(2)12-5-7-13(8-6-12)15-10-9-14-3;1-4-9(2)11-5-7-12(8-6-11)14-10(3)13;1-2-7-12-10-5-3-9(8-11)4-6-10;1-3-8(2)9-4-6-10(11)7-5-9;1-2-3-4/h4-11,17-18H,3,12H2,1-2H3;2*5-8,11H,4,9-10H2,1-3H3;5-9H,4H2,1-3H3;3-6,11H,2,7-8H2,1H3;4-8,11H,3H2,1-2H3;2-4H2,1H3. The largest absolute Gasteiger partial charge is 0.508 e. The zero-order valence-corrected chi connectivity index (χ0v) is 57.8. The fraction of sp³-hybridized carbons (Fsp3) is 0.449. The van der Waals surface area contributed by atoms with Crippen LogP contribution in [0.2, 0.25) is 0 Å². The van der Waals surface area contributed by atoms with Crippen molar-refractivity contribution in [2.24, 2.45) is 5.73 Å². The second-order valence-corrected chi connectivity index (χ2v) is 21.8. The average Bonchev–Trinajstić information content (AvgIpc) is 3.01. The van der Waals surface area contributed by atoms with Crippen LogP contribution in [0.15, 0.2) is 170 Å². The van der Waals surface area contributed by atoms with Crippen molar-refractivity contribution < 1.29 is 58.0 Å². The number of benzene rings is 7. The molecule has 5 N–H and O–H groups in total. The number of carbonyl (C=O) groups is 1. The van der Waals surface area contributed by atoms with Gasteiger partial charge in [-0.15, -0.1) is 0 Å². The van der Waals surface area contributed by atoms with Crippen molar-refractivity contribution in [1.82, 2.24) is 0 Å². The summed E-state index contributed by atoms with van der Waals surface area (Å²) in [6.45, 7) is 30.0. The van der Waals surface area contributed by atoms with Gasteiger partial charge in [-0.1, -0.05) is 161 Å². The van der Waals surface area contributed by atoms with Crippen LogP contribution in [0.4, 0.5) is 0 Å². The molecular weight excluding hydrogens is 1140 g/mol. The lowest BCUT2D eigenvalue weighted by Gasteiger charge is -2.13. The number of phenols is 1. The van der Waals surface area contributed by atoms with Gasteiger partial charge in [-0.25, -0.2) is 0 Å². The Bertz CT molecular complexity index is 2750. The number of phenolic OH excluding ortho intramolecular Hbond substituents is 1. The molecule has 0 saturated carbocycles. The molecule has 5 atom stereocenters. The fourth-order valence-electron chi connectivity index (χ4n) is 7.90. The van der Waals surface area contributed by atoms with E-state index < -0.39 is 6.10 Å². The van der Waals surface area contributed by atoms with Gasteiger partial charge in [-0.05, 0) is 199 Å². The number of carbonyl (C=O) groups excluding carboxylic acids is 1. The molecule has 0 bridgehead atoms. The lowest BCUT2D eigenvalue weighted by atomic mass is 9.99. The number of rotatable bonds is 28. The minimum Gasteiger partial charge on any atom is -0.508 e. The minimum atomic E-state index is -0.638. The Balaban J connectivity index is 0.000000544. The van der Waals surface area contributed by atoms with Crippen LogP contribution in [0, 0.1) is 0 Å². The summed E-state index contributed by atoms with van der Waals surface area (Å²) in [7, 11) is 4.98. The molecule has 13 nitrogen and oxygen atoms in total. The normalized spacial score (nSPS) is 11.8. The third-order valence-electron chi connectivity index (χ3n) is 14.6. The maximum atomic E-state index is 10.7. The van der Waals surface area contributed by atoms with Gasteiger partial charge < -0.3 is 58.9 Å². The molecule has 0 aliphatic carbocycles. The predicted molar refractivity (Wildman–Crippen MR) is 375 cm³/mol. The van der Waals surface area contributed by atoms with Crippen molar-refractivity contribution >= 4 is 5.97 Å². The van der Waals surface area contributed by atoms with Crippen molar-refractivity contribution in [1.29, 1.82) is 0 Å². The molecule has 13 heteroatoms. The molecule has 0 amide bonds. The molecule has 91 heavy (non-hydrogen) atoms. The molecule has 5 unspecified atom stereocenters. The number of aliphatic hydroxyl groups excluding tert-OH is 2. The molecule has 0 saturated heterocycles. The SMILES string of the molecule is CCC(C)c1ccc(O)cc1.CCC(C)c1ccc(OC(C)=O)cc1.CCC(C)c1ccc(OCCOC)cc1.CCC(C)c1ccc(OCCOC)cc1.CCCN.CCCOc1ccc(C(O)c2ccc(OC)cc2)cc1.CCCOc1ccc(CO)cc1. The topological polar surface area (TPSA) is 178 Å². The van der Waals surface area contributed by atoms with Crippen molar-refractivity contribution in [3.8, 4) is 40.2 Å². The van der Waals surface area contributed by atoms with E-state index in [4.69, 9.17) is 53.8 Å². The third-order valence-corrected chi connectivity index (χ3v) is 14.6. The Labute approximate surface area is 548 Å². The van der Waals surface area contributed by atoms with Gasteiger partial charge in [0, 0.05) is 21.1 Å². The second kappa shape index (κ2) is 51.3. The lowest BCUT2D eigenvalue weighted by molar-refractivity contribution is -0.131. The first-order valence-corrected chi connectivity index (χ1v) is 32.5. The molecule has 7 aromatic rings. The van der Waals surface area contributed by atoms with E-state index in [1.165, 1.54) is 42.0 Å². The molecule has 0 heterocycles. The highest BCUT2D eigenvalue weighted by molar-refractivity contribution is 5.69. The smallest absolute Gasteiger partial charge is 0.308 e. The zero-order valence-electron chi connectivity index (χ0n) is 57.8. The van der Waals surface area contributed by atoms with E-state index in [-0.39, 0.29) is 12.6 Å². The van der Waals surface area contributed by atoms with Gasteiger partial charge in [0.25, 0.3) is 0 Å². The van der Waals surface area contributed by atoms with Gasteiger partial charge in [-0.3, -0.25) is 4.79 Å². The Kier molecular flexibility index (Phi) is 46.0. The average molecular weight is 1260 g/mol. The summed E-state index contributed by atoms with van der Waals surface area (Å²) in [5, 5.41) is 28.1. The van der Waals surface area contributed by atoms with E-state index in [0.29, 0.717) is 68.2 Å². The Morgan fingerprint density at radius 2 is 0.670 bits per heavy atom. The van der Waals surface area contributed by atoms with Crippen LogP contribution in [0.25, 0.3) is 0 Å². The van der Waals surface area contributed by atoms with E-state index >= 15 is 0 Å². The monoisotopic (exact) mass is 1260 g/mol. The van der Waals surface area contributed by atoms with Crippen molar-refractivity contribution in [3.63, 3.8) is 0 Å². The van der Waals surface area contributed by atoms with E-state index in [1.807, 2.05) is 133 Å². The summed E-state index contributed by atoms with van der Waals surface area (Å²) in [6.07, 6.45) is 7.06. The van der Waals surface area contributed by atoms with Crippen molar-refractivity contribution in [2.45, 2.75) is 164 Å². The number of ether oxygens (including phenoxy) is 8. The van der Waals surface area contributed by atoms with Crippen molar-refractivity contribution in [3.05, 3.63) is 209 Å². The predicted octanol–water partition coefficient (Wildman–Crippen LogP) is 18.4. The number of aromatic hydroxyl groups is 1. The molecule has 7 rings (SSSR count). The maximum absolute atomic E-state index is 10.7. The summed E-state index contributed by atoms with van der Waals surface area (Å²) in [6, 6.07) is 54.2. The molecule has 0 aliphatic rings. The van der Waals surface area contributed by atoms with Crippen molar-refractivity contribution in [2.75, 3.05) is 67.5 Å². The van der Waals surface area contributed by atoms with Gasteiger partial charge in [0.2, 0.25) is 0 Å². The van der Waals surface area contributed by atoms with Gasteiger partial charge in [0.05, 0.1) is 40.1 Å². The minimum absolute atomic E-state index is 0.0913. The van der Waals surface area contributed by atoms with Crippen LogP contribution in [-0.4, -0.2) is 88.8 Å². The Hall–Kier alpha value is -7.39.